The minimum Gasteiger partial charge on any atom is -0.496 e. The Morgan fingerprint density at radius 3 is 2.41 bits per heavy atom. The molecule has 0 amide bonds. The van der Waals surface area contributed by atoms with E-state index in [1.807, 2.05) is 23.9 Å². The van der Waals surface area contributed by atoms with Crippen molar-refractivity contribution < 1.29 is 4.74 Å². The van der Waals surface area contributed by atoms with E-state index in [2.05, 4.69) is 50.5 Å². The monoisotopic (exact) mass is 552 g/mol. The number of pyridine rings is 3. The van der Waals surface area contributed by atoms with E-state index in [1.54, 1.807) is 19.5 Å². The molecule has 2 aliphatic rings. The van der Waals surface area contributed by atoms with Gasteiger partial charge < -0.3 is 24.0 Å². The van der Waals surface area contributed by atoms with E-state index in [4.69, 9.17) is 24.8 Å². The topological polar surface area (TPSA) is 93.3 Å². The van der Waals surface area contributed by atoms with Crippen LogP contribution in [0.25, 0.3) is 39.0 Å². The number of hydrogen-bond donors (Lipinski definition) is 0. The number of fused-ring (bicyclic) bond motifs is 2. The predicted molar refractivity (Wildman–Crippen MR) is 161 cm³/mol. The van der Waals surface area contributed by atoms with Crippen LogP contribution in [0.5, 0.6) is 5.75 Å². The third-order valence-corrected chi connectivity index (χ3v) is 8.51. The Labute approximate surface area is 239 Å². The van der Waals surface area contributed by atoms with Crippen LogP contribution in [0.1, 0.15) is 25.0 Å². The zero-order valence-corrected chi connectivity index (χ0v) is 24.2. The molecule has 0 unspecified atom stereocenters. The highest BCUT2D eigenvalue weighted by atomic mass is 16.5. The summed E-state index contributed by atoms with van der Waals surface area (Å²) in [6.45, 7) is 7.97. The molecule has 5 aromatic heterocycles. The number of aromatic nitrogens is 7. The second kappa shape index (κ2) is 10.3. The van der Waals surface area contributed by atoms with Gasteiger partial charge in [0.25, 0.3) is 0 Å². The lowest BCUT2D eigenvalue weighted by molar-refractivity contribution is 0.310. The standard InChI is InChI=1S/C30H36N10O/c1-20-21-19-32-40(24(21)16-23(33-20)22-18-31-9-8-26(22)41-4)27-17-25-28(29(34-27)38-10-6-5-7-11-38)35-30(37(25)3)39-14-12-36(2)13-15-39/h8-9,16-19H,5-7,10-15H2,1-4H3. The molecule has 0 radical (unpaired) electrons. The van der Waals surface area contributed by atoms with E-state index >= 15 is 0 Å². The van der Waals surface area contributed by atoms with Gasteiger partial charge in [-0.1, -0.05) is 0 Å². The van der Waals surface area contributed by atoms with Crippen molar-refractivity contribution in [3.05, 3.63) is 42.5 Å². The van der Waals surface area contributed by atoms with Gasteiger partial charge in [-0.05, 0) is 45.4 Å². The van der Waals surface area contributed by atoms with Crippen LogP contribution >= 0.6 is 0 Å². The first kappa shape index (κ1) is 25.7. The average Bonchev–Trinajstić information content (AvgIpc) is 3.59. The van der Waals surface area contributed by atoms with E-state index in [9.17, 15) is 0 Å². The molecular weight excluding hydrogens is 516 g/mol. The Hall–Kier alpha value is -4.25. The first-order valence-corrected chi connectivity index (χ1v) is 14.4. The maximum absolute atomic E-state index is 5.61. The number of piperazine rings is 1. The molecule has 7 heterocycles. The number of hydrogen-bond acceptors (Lipinski definition) is 9. The molecule has 2 aliphatic heterocycles. The molecule has 41 heavy (non-hydrogen) atoms. The van der Waals surface area contributed by atoms with E-state index in [0.717, 1.165) is 114 Å². The molecule has 0 bridgehead atoms. The Balaban J connectivity index is 1.40. The fourth-order valence-electron chi connectivity index (χ4n) is 6.12. The maximum atomic E-state index is 5.61. The maximum Gasteiger partial charge on any atom is 0.206 e. The van der Waals surface area contributed by atoms with Crippen molar-refractivity contribution in [3.63, 3.8) is 0 Å². The molecule has 5 aromatic rings. The molecule has 11 heteroatoms. The van der Waals surface area contributed by atoms with Crippen molar-refractivity contribution in [1.29, 1.82) is 0 Å². The van der Waals surface area contributed by atoms with Crippen molar-refractivity contribution in [2.75, 3.05) is 63.2 Å². The summed E-state index contributed by atoms with van der Waals surface area (Å²) in [5, 5.41) is 5.82. The Kier molecular flexibility index (Phi) is 6.45. The summed E-state index contributed by atoms with van der Waals surface area (Å²) in [6.07, 6.45) is 8.98. The van der Waals surface area contributed by atoms with Gasteiger partial charge >= 0.3 is 0 Å². The van der Waals surface area contributed by atoms with E-state index in [-0.39, 0.29) is 0 Å². The van der Waals surface area contributed by atoms with Crippen LogP contribution in [0.15, 0.2) is 36.8 Å². The number of nitrogens with zero attached hydrogens (tertiary/aromatic N) is 10. The molecule has 0 spiro atoms. The summed E-state index contributed by atoms with van der Waals surface area (Å²) >= 11 is 0. The number of anilines is 2. The average molecular weight is 553 g/mol. The molecule has 0 aliphatic carbocycles. The summed E-state index contributed by atoms with van der Waals surface area (Å²) in [4.78, 5) is 26.8. The third kappa shape index (κ3) is 4.44. The lowest BCUT2D eigenvalue weighted by Gasteiger charge is -2.32. The van der Waals surface area contributed by atoms with Gasteiger partial charge in [0.1, 0.15) is 11.3 Å². The highest BCUT2D eigenvalue weighted by Crippen LogP contribution is 2.34. The van der Waals surface area contributed by atoms with E-state index < -0.39 is 0 Å². The summed E-state index contributed by atoms with van der Waals surface area (Å²) in [7, 11) is 5.97. The molecule has 0 saturated carbocycles. The van der Waals surface area contributed by atoms with Gasteiger partial charge in [0.2, 0.25) is 5.95 Å². The molecule has 2 fully saturated rings. The van der Waals surface area contributed by atoms with Crippen LogP contribution in [0, 0.1) is 6.92 Å². The highest BCUT2D eigenvalue weighted by molar-refractivity contribution is 5.92. The lowest BCUT2D eigenvalue weighted by atomic mass is 10.1. The number of aryl methyl sites for hydroxylation is 2. The molecule has 212 valence electrons. The van der Waals surface area contributed by atoms with Crippen LogP contribution in [0.4, 0.5) is 11.8 Å². The molecule has 0 atom stereocenters. The number of imidazole rings is 1. The Morgan fingerprint density at radius 2 is 1.63 bits per heavy atom. The normalized spacial score (nSPS) is 16.7. The third-order valence-electron chi connectivity index (χ3n) is 8.51. The number of methoxy groups -OCH3 is 1. The van der Waals surface area contributed by atoms with Crippen molar-refractivity contribution in [1.82, 2.24) is 39.2 Å². The number of likely N-dealkylation sites (N-methyl/N-ethyl adjacent to an activating group) is 1. The van der Waals surface area contributed by atoms with Gasteiger partial charge in [-0.25, -0.2) is 14.6 Å². The smallest absolute Gasteiger partial charge is 0.206 e. The largest absolute Gasteiger partial charge is 0.496 e. The first-order valence-electron chi connectivity index (χ1n) is 14.4. The first-order chi connectivity index (χ1) is 20.0. The number of ether oxygens (including phenoxy) is 1. The van der Waals surface area contributed by atoms with E-state index in [1.165, 1.54) is 6.42 Å². The van der Waals surface area contributed by atoms with Gasteiger partial charge in [0.15, 0.2) is 11.6 Å². The van der Waals surface area contributed by atoms with Crippen molar-refractivity contribution >= 4 is 33.7 Å². The number of rotatable bonds is 5. The predicted octanol–water partition coefficient (Wildman–Crippen LogP) is 3.82. The summed E-state index contributed by atoms with van der Waals surface area (Å²) in [5.41, 5.74) is 5.49. The Bertz CT molecular complexity index is 1730. The molecule has 2 saturated heterocycles. The fraction of sp³-hybridized carbons (Fsp3) is 0.433. The van der Waals surface area contributed by atoms with Gasteiger partial charge in [0.05, 0.1) is 35.6 Å². The van der Waals surface area contributed by atoms with Crippen LogP contribution in [0.2, 0.25) is 0 Å². The second-order valence-corrected chi connectivity index (χ2v) is 11.1. The lowest BCUT2D eigenvalue weighted by Crippen LogP contribution is -2.45. The SMILES string of the molecule is COc1ccncc1-c1cc2c(cnn2-c2cc3c(nc(N4CCN(C)CC4)n3C)c(N3CCCCC3)n2)c(C)n1. The van der Waals surface area contributed by atoms with Crippen molar-refractivity contribution in [3.8, 4) is 22.8 Å². The van der Waals surface area contributed by atoms with Crippen molar-refractivity contribution in [2.24, 2.45) is 7.05 Å². The molecule has 11 nitrogen and oxygen atoms in total. The summed E-state index contributed by atoms with van der Waals surface area (Å²) in [6, 6.07) is 6.04. The summed E-state index contributed by atoms with van der Waals surface area (Å²) < 4.78 is 9.78. The van der Waals surface area contributed by atoms with Crippen LogP contribution < -0.4 is 14.5 Å². The van der Waals surface area contributed by atoms with Crippen LogP contribution in [-0.2, 0) is 7.05 Å². The van der Waals surface area contributed by atoms with Gasteiger partial charge in [0, 0.05) is 75.9 Å². The van der Waals surface area contributed by atoms with Crippen LogP contribution in [0.3, 0.4) is 0 Å². The minimum absolute atomic E-state index is 0.732. The number of piperidine rings is 1. The van der Waals surface area contributed by atoms with Gasteiger partial charge in [-0.3, -0.25) is 9.97 Å². The summed E-state index contributed by atoms with van der Waals surface area (Å²) in [5.74, 6) is 3.45. The zero-order valence-electron chi connectivity index (χ0n) is 24.2. The fourth-order valence-corrected chi connectivity index (χ4v) is 6.12. The van der Waals surface area contributed by atoms with Gasteiger partial charge in [-0.2, -0.15) is 5.10 Å². The van der Waals surface area contributed by atoms with E-state index in [0.29, 0.717) is 0 Å². The minimum atomic E-state index is 0.732. The van der Waals surface area contributed by atoms with Gasteiger partial charge in [-0.15, -0.1) is 0 Å². The van der Waals surface area contributed by atoms with Crippen LogP contribution in [-0.4, -0.2) is 92.6 Å². The quantitative estimate of drug-likeness (QED) is 0.323. The molecule has 0 aromatic carbocycles. The molecular formula is C30H36N10O. The highest BCUT2D eigenvalue weighted by Gasteiger charge is 2.25. The Morgan fingerprint density at radius 1 is 0.829 bits per heavy atom. The second-order valence-electron chi connectivity index (χ2n) is 11.1. The zero-order chi connectivity index (χ0) is 28.1. The molecule has 7 rings (SSSR count). The van der Waals surface area contributed by atoms with Crippen molar-refractivity contribution in [2.45, 2.75) is 26.2 Å². The molecule has 0 N–H and O–H groups in total.